The van der Waals surface area contributed by atoms with Gasteiger partial charge in [0.1, 0.15) is 0 Å². The van der Waals surface area contributed by atoms with Crippen molar-refractivity contribution in [3.63, 3.8) is 0 Å². The van der Waals surface area contributed by atoms with Gasteiger partial charge in [-0.1, -0.05) is 18.2 Å². The topological polar surface area (TPSA) is 63.3 Å². The van der Waals surface area contributed by atoms with Crippen LogP contribution in [0.25, 0.3) is 11.5 Å². The van der Waals surface area contributed by atoms with Crippen molar-refractivity contribution < 1.29 is 9.21 Å². The van der Waals surface area contributed by atoms with Crippen molar-refractivity contribution in [3.8, 4) is 11.5 Å². The fourth-order valence-corrected chi connectivity index (χ4v) is 2.25. The van der Waals surface area contributed by atoms with Gasteiger partial charge in [-0.15, -0.1) is 5.10 Å². The Morgan fingerprint density at radius 1 is 1.35 bits per heavy atom. The fraction of sp³-hybridized carbons (Fsp3) is 0.438. The molecule has 0 bridgehead atoms. The second-order valence-electron chi connectivity index (χ2n) is 6.49. The molecule has 124 valence electrons. The number of nitrogens with zero attached hydrogens (tertiary/aromatic N) is 3. The predicted molar refractivity (Wildman–Crippen MR) is 91.3 cm³/mol. The highest BCUT2D eigenvalue weighted by molar-refractivity contribution is 7.71. The predicted octanol–water partition coefficient (Wildman–Crippen LogP) is 2.68. The first-order chi connectivity index (χ1) is 10.7. The normalized spacial score (nSPS) is 11.7. The number of rotatable bonds is 5. The van der Waals surface area contributed by atoms with E-state index in [9.17, 15) is 4.79 Å². The number of likely N-dealkylation sites (N-methyl/N-ethyl adjacent to an activating group) is 1. The fourth-order valence-electron chi connectivity index (χ4n) is 2.07. The van der Waals surface area contributed by atoms with Gasteiger partial charge in [0.25, 0.3) is 4.84 Å². The van der Waals surface area contributed by atoms with Gasteiger partial charge in [0.2, 0.25) is 11.8 Å². The first-order valence-electron chi connectivity index (χ1n) is 7.37. The van der Waals surface area contributed by atoms with Crippen LogP contribution in [0.5, 0.6) is 0 Å². The van der Waals surface area contributed by atoms with Crippen LogP contribution in [0.4, 0.5) is 0 Å². The molecule has 0 fully saturated rings. The molecule has 0 atom stereocenters. The average Bonchev–Trinajstić information content (AvgIpc) is 2.78. The largest absolute Gasteiger partial charge is 0.409 e. The van der Waals surface area contributed by atoms with Crippen LogP contribution in [0.1, 0.15) is 20.8 Å². The summed E-state index contributed by atoms with van der Waals surface area (Å²) < 4.78 is 7.10. The van der Waals surface area contributed by atoms with Crippen molar-refractivity contribution in [3.05, 3.63) is 35.2 Å². The van der Waals surface area contributed by atoms with Crippen molar-refractivity contribution >= 4 is 18.1 Å². The summed E-state index contributed by atoms with van der Waals surface area (Å²) in [6, 6.07) is 9.57. The molecule has 1 aromatic carbocycles. The minimum absolute atomic E-state index is 0.0432. The third kappa shape index (κ3) is 5.30. The zero-order valence-corrected chi connectivity index (χ0v) is 14.7. The number of nitrogens with one attached hydrogen (secondary N) is 1. The Kier molecular flexibility index (Phi) is 5.33. The molecule has 2 rings (SSSR count). The third-order valence-electron chi connectivity index (χ3n) is 2.93. The number of benzene rings is 1. The minimum Gasteiger partial charge on any atom is -0.409 e. The van der Waals surface area contributed by atoms with Crippen molar-refractivity contribution in [2.45, 2.75) is 33.0 Å². The average molecular weight is 334 g/mol. The van der Waals surface area contributed by atoms with Crippen LogP contribution in [0.2, 0.25) is 0 Å². The zero-order chi connectivity index (χ0) is 17.0. The molecule has 0 spiro atoms. The van der Waals surface area contributed by atoms with Crippen LogP contribution in [0, 0.1) is 4.84 Å². The van der Waals surface area contributed by atoms with Crippen LogP contribution < -0.4 is 5.32 Å². The van der Waals surface area contributed by atoms with Gasteiger partial charge >= 0.3 is 0 Å². The minimum atomic E-state index is -0.247. The highest BCUT2D eigenvalue weighted by Crippen LogP contribution is 2.17. The van der Waals surface area contributed by atoms with E-state index in [0.29, 0.717) is 12.6 Å². The Labute approximate surface area is 141 Å². The Bertz CT molecular complexity index is 716. The first-order valence-corrected chi connectivity index (χ1v) is 7.78. The molecule has 1 N–H and O–H groups in total. The smallest absolute Gasteiger partial charge is 0.288 e. The van der Waals surface area contributed by atoms with E-state index in [1.54, 1.807) is 4.68 Å². The lowest BCUT2D eigenvalue weighted by Crippen LogP contribution is -2.45. The lowest BCUT2D eigenvalue weighted by Gasteiger charge is -2.23. The molecule has 1 aromatic heterocycles. The van der Waals surface area contributed by atoms with Gasteiger partial charge in [-0.25, -0.2) is 4.68 Å². The van der Waals surface area contributed by atoms with Gasteiger partial charge < -0.3 is 9.73 Å². The quantitative estimate of drug-likeness (QED) is 0.852. The molecule has 0 aliphatic heterocycles. The van der Waals surface area contributed by atoms with Crippen molar-refractivity contribution in [2.75, 3.05) is 13.6 Å². The summed E-state index contributed by atoms with van der Waals surface area (Å²) >= 11 is 5.20. The van der Waals surface area contributed by atoms with Gasteiger partial charge in [-0.2, -0.15) is 0 Å². The van der Waals surface area contributed by atoms with Crippen molar-refractivity contribution in [2.24, 2.45) is 0 Å². The zero-order valence-electron chi connectivity index (χ0n) is 13.9. The van der Waals surface area contributed by atoms with E-state index >= 15 is 0 Å². The lowest BCUT2D eigenvalue weighted by atomic mass is 10.1. The van der Waals surface area contributed by atoms with Gasteiger partial charge in [0.15, 0.2) is 0 Å². The van der Waals surface area contributed by atoms with Gasteiger partial charge in [-0.3, -0.25) is 9.69 Å². The van der Waals surface area contributed by atoms with E-state index in [-0.39, 0.29) is 22.8 Å². The number of hydrogen-bond acceptors (Lipinski definition) is 5. The SMILES string of the molecule is CN(CC(=O)NC(C)(C)C)Cn1nc(-c2ccccc2)oc1=S. The molecule has 2 aromatic rings. The van der Waals surface area contributed by atoms with E-state index in [2.05, 4.69) is 10.4 Å². The van der Waals surface area contributed by atoms with E-state index in [1.165, 1.54) is 0 Å². The maximum atomic E-state index is 11.9. The molecule has 23 heavy (non-hydrogen) atoms. The van der Waals surface area contributed by atoms with Crippen LogP contribution in [0.15, 0.2) is 34.7 Å². The summed E-state index contributed by atoms with van der Waals surface area (Å²) in [6.45, 7) is 6.49. The van der Waals surface area contributed by atoms with Gasteiger partial charge in [-0.05, 0) is 52.2 Å². The van der Waals surface area contributed by atoms with Gasteiger partial charge in [0, 0.05) is 11.1 Å². The number of hydrogen-bond donors (Lipinski definition) is 1. The highest BCUT2D eigenvalue weighted by Gasteiger charge is 2.16. The van der Waals surface area contributed by atoms with Crippen LogP contribution in [-0.2, 0) is 11.5 Å². The van der Waals surface area contributed by atoms with E-state index in [0.717, 1.165) is 5.56 Å². The second kappa shape index (κ2) is 7.06. The molecule has 6 nitrogen and oxygen atoms in total. The number of amides is 1. The molecule has 1 amide bonds. The Morgan fingerprint density at radius 2 is 2.00 bits per heavy atom. The molecule has 0 aliphatic carbocycles. The summed E-state index contributed by atoms with van der Waals surface area (Å²) in [7, 11) is 1.83. The number of carbonyl (C=O) groups is 1. The third-order valence-corrected chi connectivity index (χ3v) is 3.22. The molecule has 0 radical (unpaired) electrons. The molecule has 0 saturated heterocycles. The van der Waals surface area contributed by atoms with Crippen LogP contribution in [-0.4, -0.2) is 39.7 Å². The maximum absolute atomic E-state index is 11.9. The van der Waals surface area contributed by atoms with E-state index < -0.39 is 0 Å². The monoisotopic (exact) mass is 334 g/mol. The Balaban J connectivity index is 2.02. The van der Waals surface area contributed by atoms with Crippen molar-refractivity contribution in [1.29, 1.82) is 0 Å². The number of carbonyl (C=O) groups excluding carboxylic acids is 1. The summed E-state index contributed by atoms with van der Waals surface area (Å²) in [5.74, 6) is 0.432. The molecular weight excluding hydrogens is 312 g/mol. The summed E-state index contributed by atoms with van der Waals surface area (Å²) in [5.41, 5.74) is 0.619. The molecule has 0 aliphatic rings. The molecule has 1 heterocycles. The molecule has 0 unspecified atom stereocenters. The van der Waals surface area contributed by atoms with Gasteiger partial charge in [0.05, 0.1) is 13.2 Å². The van der Waals surface area contributed by atoms with E-state index in [1.807, 2.05) is 63.1 Å². The van der Waals surface area contributed by atoms with E-state index in [4.69, 9.17) is 16.6 Å². The first kappa shape index (κ1) is 17.4. The molecule has 0 saturated carbocycles. The highest BCUT2D eigenvalue weighted by atomic mass is 32.1. The summed E-state index contributed by atoms with van der Waals surface area (Å²) in [6.07, 6.45) is 0. The molecular formula is C16H22N4O2S. The Morgan fingerprint density at radius 3 is 2.61 bits per heavy atom. The standard InChI is InChI=1S/C16H22N4O2S/c1-16(2,3)17-13(21)10-19(4)11-20-15(23)22-14(18-20)12-8-6-5-7-9-12/h5-9H,10-11H2,1-4H3,(H,17,21). The van der Waals surface area contributed by atoms with Crippen molar-refractivity contribution in [1.82, 2.24) is 20.0 Å². The summed E-state index contributed by atoms with van der Waals surface area (Å²) in [4.78, 5) is 14.1. The second-order valence-corrected chi connectivity index (χ2v) is 6.84. The van der Waals surface area contributed by atoms with Crippen LogP contribution in [0.3, 0.4) is 0 Å². The number of aromatic nitrogens is 2. The maximum Gasteiger partial charge on any atom is 0.288 e. The Hall–Kier alpha value is -1.99. The lowest BCUT2D eigenvalue weighted by molar-refractivity contribution is -0.123. The summed E-state index contributed by atoms with van der Waals surface area (Å²) in [5, 5.41) is 7.30. The molecule has 7 heteroatoms. The van der Waals surface area contributed by atoms with Crippen LogP contribution >= 0.6 is 12.2 Å².